The van der Waals surface area contributed by atoms with Gasteiger partial charge in [0, 0.05) is 19.2 Å². The summed E-state index contributed by atoms with van der Waals surface area (Å²) in [4.78, 5) is 0. The Kier molecular flexibility index (Phi) is 5.02. The van der Waals surface area contributed by atoms with E-state index in [1.807, 2.05) is 21.0 Å². The van der Waals surface area contributed by atoms with Gasteiger partial charge in [0.05, 0.1) is 5.69 Å². The molecule has 0 spiro atoms. The Bertz CT molecular complexity index is 365. The molecule has 0 radical (unpaired) electrons. The van der Waals surface area contributed by atoms with Crippen molar-refractivity contribution in [2.24, 2.45) is 12.5 Å². The third kappa shape index (κ3) is 3.46. The third-order valence-corrected chi connectivity index (χ3v) is 3.80. The highest BCUT2D eigenvalue weighted by Gasteiger charge is 2.26. The van der Waals surface area contributed by atoms with E-state index in [-0.39, 0.29) is 5.41 Å². The quantitative estimate of drug-likeness (QED) is 0.849. The van der Waals surface area contributed by atoms with Crippen molar-refractivity contribution in [3.05, 3.63) is 16.4 Å². The van der Waals surface area contributed by atoms with Crippen molar-refractivity contribution in [3.8, 4) is 0 Å². The summed E-state index contributed by atoms with van der Waals surface area (Å²) in [7, 11) is 3.90. The van der Waals surface area contributed by atoms with E-state index in [0.29, 0.717) is 0 Å². The number of hydrogen-bond donors (Lipinski definition) is 1. The molecule has 1 unspecified atom stereocenters. The summed E-state index contributed by atoms with van der Waals surface area (Å²) in [5, 5.41) is 8.45. The Morgan fingerprint density at radius 1 is 1.47 bits per heavy atom. The predicted molar refractivity (Wildman–Crippen MR) is 73.6 cm³/mol. The van der Waals surface area contributed by atoms with Crippen LogP contribution in [0.4, 0.5) is 0 Å². The molecule has 0 aliphatic carbocycles. The number of aryl methyl sites for hydroxylation is 2. The number of nitrogens with one attached hydrogen (secondary N) is 1. The van der Waals surface area contributed by atoms with Gasteiger partial charge in [0.1, 0.15) is 5.15 Å². The van der Waals surface area contributed by atoms with Crippen LogP contribution in [0.5, 0.6) is 0 Å². The minimum absolute atomic E-state index is 0.251. The molecule has 17 heavy (non-hydrogen) atoms. The smallest absolute Gasteiger partial charge is 0.130 e. The summed E-state index contributed by atoms with van der Waals surface area (Å²) >= 11 is 6.30. The van der Waals surface area contributed by atoms with Gasteiger partial charge in [0.15, 0.2) is 0 Å². The van der Waals surface area contributed by atoms with Gasteiger partial charge in [-0.1, -0.05) is 31.9 Å². The maximum Gasteiger partial charge on any atom is 0.130 e. The SMILES string of the molecule is CCCC(C)(CNC)Cc1c(C)nn(C)c1Cl. The number of nitrogens with zero attached hydrogens (tertiary/aromatic N) is 2. The largest absolute Gasteiger partial charge is 0.319 e. The molecule has 1 aromatic rings. The van der Waals surface area contributed by atoms with E-state index in [1.54, 1.807) is 4.68 Å². The van der Waals surface area contributed by atoms with Gasteiger partial charge >= 0.3 is 0 Å². The molecule has 1 atom stereocenters. The van der Waals surface area contributed by atoms with Crippen molar-refractivity contribution in [2.75, 3.05) is 13.6 Å². The normalized spacial score (nSPS) is 14.9. The summed E-state index contributed by atoms with van der Waals surface area (Å²) in [6, 6.07) is 0. The van der Waals surface area contributed by atoms with Crippen LogP contribution in [0.2, 0.25) is 5.15 Å². The Labute approximate surface area is 110 Å². The lowest BCUT2D eigenvalue weighted by molar-refractivity contribution is 0.282. The molecule has 0 aliphatic rings. The molecule has 0 aromatic carbocycles. The van der Waals surface area contributed by atoms with Crippen LogP contribution in [0.3, 0.4) is 0 Å². The number of aromatic nitrogens is 2. The first-order chi connectivity index (χ1) is 7.93. The summed E-state index contributed by atoms with van der Waals surface area (Å²) in [5.41, 5.74) is 2.50. The van der Waals surface area contributed by atoms with E-state index < -0.39 is 0 Å². The molecular formula is C13H24ClN3. The zero-order valence-corrected chi connectivity index (χ0v) is 12.4. The second-order valence-corrected chi connectivity index (χ2v) is 5.60. The van der Waals surface area contributed by atoms with Crippen molar-refractivity contribution in [2.45, 2.75) is 40.0 Å². The second-order valence-electron chi connectivity index (χ2n) is 5.25. The van der Waals surface area contributed by atoms with Gasteiger partial charge < -0.3 is 5.32 Å². The van der Waals surface area contributed by atoms with Crippen LogP contribution in [0.15, 0.2) is 0 Å². The standard InChI is InChI=1S/C13H24ClN3/c1-6-7-13(3,9-15-4)8-11-10(2)16-17(5)12(11)14/h15H,6-9H2,1-5H3. The molecule has 0 saturated heterocycles. The monoisotopic (exact) mass is 257 g/mol. The Hall–Kier alpha value is -0.540. The number of halogens is 1. The van der Waals surface area contributed by atoms with E-state index in [1.165, 1.54) is 18.4 Å². The average molecular weight is 258 g/mol. The van der Waals surface area contributed by atoms with Crippen LogP contribution in [0.25, 0.3) is 0 Å². The zero-order chi connectivity index (χ0) is 13.1. The Morgan fingerprint density at radius 2 is 2.12 bits per heavy atom. The van der Waals surface area contributed by atoms with Crippen molar-refractivity contribution >= 4 is 11.6 Å². The molecule has 0 saturated carbocycles. The van der Waals surface area contributed by atoms with Crippen molar-refractivity contribution in [3.63, 3.8) is 0 Å². The minimum Gasteiger partial charge on any atom is -0.319 e. The molecule has 3 nitrogen and oxygen atoms in total. The van der Waals surface area contributed by atoms with Crippen molar-refractivity contribution < 1.29 is 0 Å². The van der Waals surface area contributed by atoms with Gasteiger partial charge in [-0.2, -0.15) is 5.10 Å². The maximum atomic E-state index is 6.30. The van der Waals surface area contributed by atoms with Gasteiger partial charge in [-0.15, -0.1) is 0 Å². The van der Waals surface area contributed by atoms with E-state index in [0.717, 1.165) is 23.8 Å². The van der Waals surface area contributed by atoms with Gasteiger partial charge in [-0.05, 0) is 32.2 Å². The van der Waals surface area contributed by atoms with Crippen LogP contribution >= 0.6 is 11.6 Å². The topological polar surface area (TPSA) is 29.9 Å². The molecular weight excluding hydrogens is 234 g/mol. The fraction of sp³-hybridized carbons (Fsp3) is 0.769. The average Bonchev–Trinajstić information content (AvgIpc) is 2.46. The molecule has 1 rings (SSSR count). The lowest BCUT2D eigenvalue weighted by atomic mass is 9.80. The minimum atomic E-state index is 0.251. The highest BCUT2D eigenvalue weighted by Crippen LogP contribution is 2.31. The van der Waals surface area contributed by atoms with Crippen LogP contribution < -0.4 is 5.32 Å². The molecule has 1 heterocycles. The van der Waals surface area contributed by atoms with Crippen LogP contribution in [0.1, 0.15) is 37.9 Å². The molecule has 0 bridgehead atoms. The lowest BCUT2D eigenvalue weighted by Crippen LogP contribution is -2.32. The molecule has 0 fully saturated rings. The molecule has 98 valence electrons. The molecule has 0 aliphatic heterocycles. The van der Waals surface area contributed by atoms with Crippen LogP contribution in [-0.4, -0.2) is 23.4 Å². The van der Waals surface area contributed by atoms with Crippen LogP contribution in [-0.2, 0) is 13.5 Å². The van der Waals surface area contributed by atoms with Crippen LogP contribution in [0, 0.1) is 12.3 Å². The summed E-state index contributed by atoms with van der Waals surface area (Å²) < 4.78 is 1.76. The lowest BCUT2D eigenvalue weighted by Gasteiger charge is -2.29. The van der Waals surface area contributed by atoms with Gasteiger partial charge in [0.2, 0.25) is 0 Å². The fourth-order valence-electron chi connectivity index (χ4n) is 2.57. The zero-order valence-electron chi connectivity index (χ0n) is 11.6. The first-order valence-electron chi connectivity index (χ1n) is 6.26. The second kappa shape index (κ2) is 5.87. The van der Waals surface area contributed by atoms with E-state index >= 15 is 0 Å². The van der Waals surface area contributed by atoms with Gasteiger partial charge in [-0.3, -0.25) is 4.68 Å². The van der Waals surface area contributed by atoms with E-state index in [4.69, 9.17) is 11.6 Å². The van der Waals surface area contributed by atoms with Crippen molar-refractivity contribution in [1.29, 1.82) is 0 Å². The van der Waals surface area contributed by atoms with Gasteiger partial charge in [-0.25, -0.2) is 0 Å². The highest BCUT2D eigenvalue weighted by atomic mass is 35.5. The first-order valence-corrected chi connectivity index (χ1v) is 6.64. The highest BCUT2D eigenvalue weighted by molar-refractivity contribution is 6.30. The summed E-state index contributed by atoms with van der Waals surface area (Å²) in [5.74, 6) is 0. The Morgan fingerprint density at radius 3 is 2.53 bits per heavy atom. The molecule has 1 aromatic heterocycles. The van der Waals surface area contributed by atoms with E-state index in [9.17, 15) is 0 Å². The van der Waals surface area contributed by atoms with E-state index in [2.05, 4.69) is 24.3 Å². The summed E-state index contributed by atoms with van der Waals surface area (Å²) in [6.07, 6.45) is 3.37. The van der Waals surface area contributed by atoms with Gasteiger partial charge in [0.25, 0.3) is 0 Å². The third-order valence-electron chi connectivity index (χ3n) is 3.33. The molecule has 0 amide bonds. The molecule has 1 N–H and O–H groups in total. The Balaban J connectivity index is 2.93. The number of hydrogen-bond acceptors (Lipinski definition) is 2. The first kappa shape index (κ1) is 14.5. The molecule has 4 heteroatoms. The predicted octanol–water partition coefficient (Wildman–Crippen LogP) is 2.95. The fourth-order valence-corrected chi connectivity index (χ4v) is 2.81. The number of rotatable bonds is 6. The van der Waals surface area contributed by atoms with Crippen molar-refractivity contribution in [1.82, 2.24) is 15.1 Å². The summed E-state index contributed by atoms with van der Waals surface area (Å²) in [6.45, 7) is 7.58. The maximum absolute atomic E-state index is 6.30.